The van der Waals surface area contributed by atoms with Gasteiger partial charge in [-0.2, -0.15) is 0 Å². The minimum atomic E-state index is 0.152. The lowest BCUT2D eigenvalue weighted by molar-refractivity contribution is 0.660. The number of allylic oxidation sites excluding steroid dienone is 8. The molecule has 0 saturated carbocycles. The molecule has 8 rings (SSSR count). The number of aryl methyl sites for hydroxylation is 1. The molecule has 2 heteroatoms. The Hall–Kier alpha value is -4.43. The zero-order valence-electron chi connectivity index (χ0n) is 26.1. The van der Waals surface area contributed by atoms with Crippen LogP contribution in [0.2, 0.25) is 0 Å². The molecule has 216 valence electrons. The summed E-state index contributed by atoms with van der Waals surface area (Å²) in [4.78, 5) is 6.84. The SMILES string of the molecule is CC1=CC=CCC1.CC1=CCC2C(=C1)N(c1ccccn1)c1ccccc12.Cc1ccc2c(c1)-c1ccccc1C2(C)C. The Labute approximate surface area is 257 Å². The van der Waals surface area contributed by atoms with E-state index in [1.807, 2.05) is 18.3 Å². The lowest BCUT2D eigenvalue weighted by Crippen LogP contribution is -2.16. The fourth-order valence-corrected chi connectivity index (χ4v) is 6.75. The van der Waals surface area contributed by atoms with Crippen LogP contribution in [0.4, 0.5) is 11.5 Å². The summed E-state index contributed by atoms with van der Waals surface area (Å²) in [6.07, 6.45) is 16.6. The lowest BCUT2D eigenvalue weighted by Gasteiger charge is -2.24. The second-order valence-corrected chi connectivity index (χ2v) is 12.6. The third-order valence-corrected chi connectivity index (χ3v) is 9.06. The first-order valence-electron chi connectivity index (χ1n) is 15.6. The van der Waals surface area contributed by atoms with Gasteiger partial charge in [0.15, 0.2) is 0 Å². The van der Waals surface area contributed by atoms with Crippen LogP contribution in [0.3, 0.4) is 0 Å². The van der Waals surface area contributed by atoms with Gasteiger partial charge in [0.25, 0.3) is 0 Å². The van der Waals surface area contributed by atoms with E-state index in [1.165, 1.54) is 68.8 Å². The number of rotatable bonds is 1. The zero-order chi connectivity index (χ0) is 30.0. The Morgan fingerprint density at radius 1 is 0.814 bits per heavy atom. The van der Waals surface area contributed by atoms with Gasteiger partial charge in [-0.15, -0.1) is 0 Å². The van der Waals surface area contributed by atoms with Crippen LogP contribution in [0.1, 0.15) is 75.1 Å². The van der Waals surface area contributed by atoms with Gasteiger partial charge in [-0.05, 0) is 92.1 Å². The molecule has 0 radical (unpaired) electrons. The van der Waals surface area contributed by atoms with E-state index in [-0.39, 0.29) is 5.41 Å². The Kier molecular flexibility index (Phi) is 8.04. The van der Waals surface area contributed by atoms with Crippen molar-refractivity contribution in [1.29, 1.82) is 0 Å². The fraction of sp³-hybridized carbons (Fsp3) is 0.244. The van der Waals surface area contributed by atoms with Crippen LogP contribution in [0.5, 0.6) is 0 Å². The molecule has 3 aliphatic carbocycles. The molecule has 1 unspecified atom stereocenters. The standard InChI is InChI=1S/C18H16N2.C16H16.C7H10/c1-13-9-10-15-14-6-2-3-7-16(14)20(17(15)12-13)18-8-4-5-11-19-18;1-11-8-9-15-13(10-11)12-6-4-5-7-14(12)16(15,2)3;1-7-5-3-2-4-6-7/h2-9,11-12,15H,10H2,1H3;4-10H,1-3H3;2-3,5H,4,6H2,1H3. The average molecular weight is 563 g/mol. The number of fused-ring (bicyclic) bond motifs is 6. The maximum atomic E-state index is 4.54. The minimum absolute atomic E-state index is 0.152. The summed E-state index contributed by atoms with van der Waals surface area (Å²) in [6.45, 7) is 11.1. The largest absolute Gasteiger partial charge is 0.298 e. The molecule has 1 atom stereocenters. The second kappa shape index (κ2) is 12.1. The summed E-state index contributed by atoms with van der Waals surface area (Å²) in [6, 6.07) is 30.3. The number of aromatic nitrogens is 1. The molecule has 0 saturated heterocycles. The Bertz CT molecular complexity index is 1750. The van der Waals surface area contributed by atoms with Gasteiger partial charge in [0, 0.05) is 23.2 Å². The van der Waals surface area contributed by atoms with Gasteiger partial charge in [-0.25, -0.2) is 4.98 Å². The van der Waals surface area contributed by atoms with Gasteiger partial charge < -0.3 is 0 Å². The smallest absolute Gasteiger partial charge is 0.137 e. The fourth-order valence-electron chi connectivity index (χ4n) is 6.75. The molecule has 2 heterocycles. The summed E-state index contributed by atoms with van der Waals surface area (Å²) >= 11 is 0. The van der Waals surface area contributed by atoms with Crippen LogP contribution in [0, 0.1) is 6.92 Å². The highest BCUT2D eigenvalue weighted by atomic mass is 15.2. The molecule has 4 aliphatic rings. The van der Waals surface area contributed by atoms with E-state index >= 15 is 0 Å². The number of benzene rings is 3. The van der Waals surface area contributed by atoms with E-state index in [1.54, 1.807) is 0 Å². The molecule has 43 heavy (non-hydrogen) atoms. The van der Waals surface area contributed by atoms with Crippen molar-refractivity contribution >= 4 is 11.5 Å². The lowest BCUT2D eigenvalue weighted by atomic mass is 9.82. The van der Waals surface area contributed by atoms with Gasteiger partial charge in [0.2, 0.25) is 0 Å². The van der Waals surface area contributed by atoms with Crippen molar-refractivity contribution < 1.29 is 0 Å². The van der Waals surface area contributed by atoms with Crippen molar-refractivity contribution in [1.82, 2.24) is 4.98 Å². The minimum Gasteiger partial charge on any atom is -0.298 e. The summed E-state index contributed by atoms with van der Waals surface area (Å²) in [5.41, 5.74) is 14.1. The van der Waals surface area contributed by atoms with E-state index in [2.05, 4.69) is 148 Å². The van der Waals surface area contributed by atoms with Crippen molar-refractivity contribution in [2.24, 2.45) is 0 Å². The van der Waals surface area contributed by atoms with E-state index in [9.17, 15) is 0 Å². The van der Waals surface area contributed by atoms with Crippen LogP contribution < -0.4 is 4.90 Å². The van der Waals surface area contributed by atoms with Crippen molar-refractivity contribution in [2.75, 3.05) is 4.90 Å². The second-order valence-electron chi connectivity index (χ2n) is 12.6. The molecule has 0 N–H and O–H groups in total. The molecule has 0 spiro atoms. The van der Waals surface area contributed by atoms with E-state index < -0.39 is 0 Å². The number of hydrogen-bond acceptors (Lipinski definition) is 2. The summed E-state index contributed by atoms with van der Waals surface area (Å²) in [5, 5.41) is 0. The Morgan fingerprint density at radius 2 is 1.58 bits per heavy atom. The van der Waals surface area contributed by atoms with E-state index in [4.69, 9.17) is 0 Å². The highest BCUT2D eigenvalue weighted by molar-refractivity contribution is 5.81. The Balaban J connectivity index is 0.000000128. The van der Waals surface area contributed by atoms with Gasteiger partial charge in [-0.1, -0.05) is 122 Å². The molecule has 2 nitrogen and oxygen atoms in total. The monoisotopic (exact) mass is 562 g/mol. The van der Waals surface area contributed by atoms with Crippen LogP contribution in [0.15, 0.2) is 138 Å². The third kappa shape index (κ3) is 5.67. The zero-order valence-corrected chi connectivity index (χ0v) is 26.1. The summed E-state index contributed by atoms with van der Waals surface area (Å²) < 4.78 is 0. The van der Waals surface area contributed by atoms with Crippen molar-refractivity contribution in [2.45, 2.75) is 65.2 Å². The number of pyridine rings is 1. The molecule has 4 aromatic rings. The highest BCUT2D eigenvalue weighted by Crippen LogP contribution is 2.50. The topological polar surface area (TPSA) is 16.1 Å². The average Bonchev–Trinajstić information content (AvgIpc) is 3.47. The summed E-state index contributed by atoms with van der Waals surface area (Å²) in [7, 11) is 0. The highest BCUT2D eigenvalue weighted by Gasteiger charge is 2.36. The third-order valence-electron chi connectivity index (χ3n) is 9.06. The quantitative estimate of drug-likeness (QED) is 0.229. The molecule has 0 fully saturated rings. The molecule has 1 aliphatic heterocycles. The Morgan fingerprint density at radius 3 is 2.33 bits per heavy atom. The van der Waals surface area contributed by atoms with Crippen molar-refractivity contribution in [3.63, 3.8) is 0 Å². The van der Waals surface area contributed by atoms with Gasteiger partial charge in [-0.3, -0.25) is 4.90 Å². The van der Waals surface area contributed by atoms with Crippen LogP contribution >= 0.6 is 0 Å². The van der Waals surface area contributed by atoms with Crippen LogP contribution in [-0.2, 0) is 5.41 Å². The molecule has 1 aromatic heterocycles. The van der Waals surface area contributed by atoms with Gasteiger partial charge in [0.1, 0.15) is 5.82 Å². The first kappa shape index (κ1) is 28.7. The maximum absolute atomic E-state index is 4.54. The number of anilines is 2. The van der Waals surface area contributed by atoms with Crippen molar-refractivity contribution in [3.8, 4) is 11.1 Å². The molecular weight excluding hydrogens is 520 g/mol. The molecular formula is C41H42N2. The van der Waals surface area contributed by atoms with Crippen LogP contribution in [-0.4, -0.2) is 4.98 Å². The normalized spacial score (nSPS) is 18.3. The molecule has 0 amide bonds. The van der Waals surface area contributed by atoms with Gasteiger partial charge >= 0.3 is 0 Å². The van der Waals surface area contributed by atoms with Crippen molar-refractivity contribution in [3.05, 3.63) is 161 Å². The van der Waals surface area contributed by atoms with E-state index in [0.29, 0.717) is 5.92 Å². The first-order valence-corrected chi connectivity index (χ1v) is 15.6. The van der Waals surface area contributed by atoms with Crippen LogP contribution in [0.25, 0.3) is 11.1 Å². The predicted molar refractivity (Wildman–Crippen MR) is 183 cm³/mol. The number of nitrogens with zero attached hydrogens (tertiary/aromatic N) is 2. The molecule has 0 bridgehead atoms. The number of hydrogen-bond donors (Lipinski definition) is 0. The van der Waals surface area contributed by atoms with E-state index in [0.717, 1.165) is 12.2 Å². The maximum Gasteiger partial charge on any atom is 0.137 e. The summed E-state index contributed by atoms with van der Waals surface area (Å²) in [5.74, 6) is 1.47. The first-order chi connectivity index (χ1) is 20.8. The number of para-hydroxylation sites is 1. The van der Waals surface area contributed by atoms with Gasteiger partial charge in [0.05, 0.1) is 5.69 Å². The molecule has 3 aromatic carbocycles. The predicted octanol–water partition coefficient (Wildman–Crippen LogP) is 11.1.